The van der Waals surface area contributed by atoms with Gasteiger partial charge in [0.25, 0.3) is 0 Å². The summed E-state index contributed by atoms with van der Waals surface area (Å²) in [5, 5.41) is 8.30. The van der Waals surface area contributed by atoms with E-state index in [1.807, 2.05) is 43.1 Å². The van der Waals surface area contributed by atoms with Crippen LogP contribution in [0.2, 0.25) is 5.02 Å². The van der Waals surface area contributed by atoms with Gasteiger partial charge in [-0.3, -0.25) is 4.99 Å². The number of rotatable bonds is 5. The van der Waals surface area contributed by atoms with Crippen LogP contribution < -0.4 is 5.32 Å². The van der Waals surface area contributed by atoms with Crippen LogP contribution in [0.25, 0.3) is 5.69 Å². The number of aromatic nitrogens is 4. The predicted molar refractivity (Wildman–Crippen MR) is 103 cm³/mol. The van der Waals surface area contributed by atoms with Crippen molar-refractivity contribution in [2.24, 2.45) is 12.0 Å². The molecule has 0 radical (unpaired) electrons. The average molecular weight is 372 g/mol. The molecule has 136 valence electrons. The van der Waals surface area contributed by atoms with Crippen molar-refractivity contribution >= 4 is 17.6 Å². The first-order chi connectivity index (χ1) is 12.6. The number of benzene rings is 1. The number of hydrogen-bond acceptors (Lipinski definition) is 3. The van der Waals surface area contributed by atoms with E-state index in [1.165, 1.54) is 6.33 Å². The van der Waals surface area contributed by atoms with Gasteiger partial charge in [0.2, 0.25) is 0 Å². The maximum absolute atomic E-state index is 6.06. The van der Waals surface area contributed by atoms with Gasteiger partial charge >= 0.3 is 0 Å². The molecule has 0 aliphatic heterocycles. The Kier molecular flexibility index (Phi) is 5.58. The number of nitrogens with zero attached hydrogens (tertiary/aromatic N) is 6. The predicted octanol–water partition coefficient (Wildman–Crippen LogP) is 2.47. The Bertz CT molecular complexity index is 883. The highest BCUT2D eigenvalue weighted by Crippen LogP contribution is 2.14. The van der Waals surface area contributed by atoms with Gasteiger partial charge in [-0.2, -0.15) is 5.10 Å². The van der Waals surface area contributed by atoms with Crippen LogP contribution in [0, 0.1) is 0 Å². The first-order valence-corrected chi connectivity index (χ1v) is 8.61. The summed E-state index contributed by atoms with van der Waals surface area (Å²) in [7, 11) is 5.77. The molecule has 0 atom stereocenters. The third-order valence-corrected chi connectivity index (χ3v) is 4.30. The molecule has 26 heavy (non-hydrogen) atoms. The van der Waals surface area contributed by atoms with E-state index in [1.54, 1.807) is 18.1 Å². The van der Waals surface area contributed by atoms with Crippen LogP contribution in [-0.4, -0.2) is 44.3 Å². The zero-order valence-corrected chi connectivity index (χ0v) is 15.9. The van der Waals surface area contributed by atoms with E-state index >= 15 is 0 Å². The minimum absolute atomic E-state index is 0.660. The van der Waals surface area contributed by atoms with Gasteiger partial charge in [-0.1, -0.05) is 23.7 Å². The molecule has 0 amide bonds. The molecule has 0 saturated heterocycles. The van der Waals surface area contributed by atoms with Crippen LogP contribution in [0.15, 0.2) is 54.2 Å². The van der Waals surface area contributed by atoms with Gasteiger partial charge in [0.15, 0.2) is 5.96 Å². The van der Waals surface area contributed by atoms with Gasteiger partial charge in [0, 0.05) is 39.6 Å². The molecule has 2 heterocycles. The smallest absolute Gasteiger partial charge is 0.194 e. The molecule has 7 nitrogen and oxygen atoms in total. The van der Waals surface area contributed by atoms with Crippen molar-refractivity contribution in [2.75, 3.05) is 14.1 Å². The lowest BCUT2D eigenvalue weighted by atomic mass is 10.2. The highest BCUT2D eigenvalue weighted by Gasteiger charge is 2.10. The van der Waals surface area contributed by atoms with Crippen LogP contribution in [0.1, 0.15) is 11.3 Å². The summed E-state index contributed by atoms with van der Waals surface area (Å²) in [4.78, 5) is 10.4. The number of aryl methyl sites for hydroxylation is 1. The van der Waals surface area contributed by atoms with Gasteiger partial charge in [-0.15, -0.1) is 0 Å². The lowest BCUT2D eigenvalue weighted by Crippen LogP contribution is -2.38. The van der Waals surface area contributed by atoms with E-state index in [9.17, 15) is 0 Å². The van der Waals surface area contributed by atoms with Crippen LogP contribution in [-0.2, 0) is 20.1 Å². The van der Waals surface area contributed by atoms with E-state index in [2.05, 4.69) is 37.4 Å². The van der Waals surface area contributed by atoms with Crippen LogP contribution >= 0.6 is 11.6 Å². The molecule has 2 aromatic heterocycles. The molecule has 0 saturated carbocycles. The van der Waals surface area contributed by atoms with E-state index in [0.29, 0.717) is 13.1 Å². The largest absolute Gasteiger partial charge is 0.352 e. The molecule has 0 bridgehead atoms. The van der Waals surface area contributed by atoms with Crippen molar-refractivity contribution in [3.63, 3.8) is 0 Å². The van der Waals surface area contributed by atoms with Crippen LogP contribution in [0.3, 0.4) is 0 Å². The molecule has 0 spiro atoms. The molecule has 0 unspecified atom stereocenters. The van der Waals surface area contributed by atoms with Crippen molar-refractivity contribution < 1.29 is 0 Å². The lowest BCUT2D eigenvalue weighted by molar-refractivity contribution is 0.461. The molecule has 0 aliphatic rings. The van der Waals surface area contributed by atoms with Crippen LogP contribution in [0.5, 0.6) is 0 Å². The fraction of sp³-hybridized carbons (Fsp3) is 0.278. The van der Waals surface area contributed by atoms with E-state index in [4.69, 9.17) is 11.6 Å². The number of aliphatic imine (C=N–C) groups is 1. The summed E-state index contributed by atoms with van der Waals surface area (Å²) < 4.78 is 3.76. The Morgan fingerprint density at radius 3 is 2.85 bits per heavy atom. The van der Waals surface area contributed by atoms with Crippen molar-refractivity contribution in [3.8, 4) is 5.69 Å². The van der Waals surface area contributed by atoms with Gasteiger partial charge in [0.05, 0.1) is 17.3 Å². The summed E-state index contributed by atoms with van der Waals surface area (Å²) >= 11 is 6.06. The fourth-order valence-corrected chi connectivity index (χ4v) is 3.03. The van der Waals surface area contributed by atoms with E-state index < -0.39 is 0 Å². The van der Waals surface area contributed by atoms with Gasteiger partial charge in [-0.25, -0.2) is 9.67 Å². The second kappa shape index (κ2) is 8.05. The Labute approximate surface area is 157 Å². The summed E-state index contributed by atoms with van der Waals surface area (Å²) in [5.41, 5.74) is 3.23. The van der Waals surface area contributed by atoms with Crippen molar-refractivity contribution in [1.82, 2.24) is 29.5 Å². The summed E-state index contributed by atoms with van der Waals surface area (Å²) in [6, 6.07) is 10.1. The topological polar surface area (TPSA) is 63.3 Å². The summed E-state index contributed by atoms with van der Waals surface area (Å²) in [6.45, 7) is 1.37. The number of nitrogens with one attached hydrogen (secondary N) is 1. The molecule has 0 fully saturated rings. The zero-order valence-electron chi connectivity index (χ0n) is 15.1. The highest BCUT2D eigenvalue weighted by atomic mass is 35.5. The monoisotopic (exact) mass is 371 g/mol. The molecular formula is C18H22ClN7. The van der Waals surface area contributed by atoms with E-state index in [0.717, 1.165) is 27.9 Å². The molecule has 1 aromatic carbocycles. The second-order valence-electron chi connectivity index (χ2n) is 6.03. The maximum atomic E-state index is 6.06. The van der Waals surface area contributed by atoms with Gasteiger partial charge in [-0.05, 0) is 23.8 Å². The third kappa shape index (κ3) is 4.23. The normalized spacial score (nSPS) is 11.6. The maximum Gasteiger partial charge on any atom is 0.194 e. The van der Waals surface area contributed by atoms with Gasteiger partial charge in [0.1, 0.15) is 12.7 Å². The molecule has 3 rings (SSSR count). The second-order valence-corrected chi connectivity index (χ2v) is 6.46. The highest BCUT2D eigenvalue weighted by molar-refractivity contribution is 6.30. The Morgan fingerprint density at radius 2 is 2.19 bits per heavy atom. The SMILES string of the molecule is CN=C(NCc1cccc(-n2cncn2)c1)N(C)Cc1cc(Cl)cn1C. The standard InChI is InChI=1S/C18H22ClN7/c1-20-18(25(3)11-17-8-15(19)10-24(17)2)22-9-14-5-4-6-16(7-14)26-13-21-12-23-26/h4-8,10,12-13H,9,11H2,1-3H3,(H,20,22). The third-order valence-electron chi connectivity index (χ3n) is 4.09. The molecular weight excluding hydrogens is 350 g/mol. The Hall–Kier alpha value is -2.80. The average Bonchev–Trinajstić information content (AvgIpc) is 3.26. The lowest BCUT2D eigenvalue weighted by Gasteiger charge is -2.22. The zero-order chi connectivity index (χ0) is 18.5. The summed E-state index contributed by atoms with van der Waals surface area (Å²) in [5.74, 6) is 0.813. The fourth-order valence-electron chi connectivity index (χ4n) is 2.76. The quantitative estimate of drug-likeness (QED) is 0.552. The molecule has 1 N–H and O–H groups in total. The van der Waals surface area contributed by atoms with Crippen molar-refractivity contribution in [1.29, 1.82) is 0 Å². The number of hydrogen-bond donors (Lipinski definition) is 1. The van der Waals surface area contributed by atoms with E-state index in [-0.39, 0.29) is 0 Å². The van der Waals surface area contributed by atoms with Gasteiger partial charge < -0.3 is 14.8 Å². The molecule has 3 aromatic rings. The van der Waals surface area contributed by atoms with Crippen molar-refractivity contribution in [2.45, 2.75) is 13.1 Å². The first-order valence-electron chi connectivity index (χ1n) is 8.23. The molecule has 8 heteroatoms. The van der Waals surface area contributed by atoms with Crippen LogP contribution in [0.4, 0.5) is 0 Å². The first kappa shape index (κ1) is 18.0. The molecule has 0 aliphatic carbocycles. The van der Waals surface area contributed by atoms with Crippen molar-refractivity contribution in [3.05, 3.63) is 65.5 Å². The summed E-state index contributed by atoms with van der Waals surface area (Å²) in [6.07, 6.45) is 5.11. The Balaban J connectivity index is 1.64. The number of guanidine groups is 1. The Morgan fingerprint density at radius 1 is 1.35 bits per heavy atom. The minimum atomic E-state index is 0.660. The number of halogens is 1. The minimum Gasteiger partial charge on any atom is -0.352 e.